The number of fused-ring (bicyclic) bond motifs is 6. The van der Waals surface area contributed by atoms with Crippen LogP contribution in [0.2, 0.25) is 0 Å². The van der Waals surface area contributed by atoms with E-state index in [1.807, 2.05) is 41.5 Å². The Kier molecular flexibility index (Phi) is 21.5. The van der Waals surface area contributed by atoms with Gasteiger partial charge in [-0.15, -0.1) is 0 Å². The molecule has 3 N–H and O–H groups in total. The number of methoxy groups -OCH3 is 5. The van der Waals surface area contributed by atoms with Crippen LogP contribution >= 0.6 is 0 Å². The standard InChI is InChI=1S/C65H106O24/c1-31-53(68)59(74-15)60(82-38(8)66)61(80-31)86-56-34(4)78-51(27-46(56)72-13)84-54-32(2)76-50(25-44(54)70-11)83-55-33(3)77-52(26-45(55)71-12)85-57-36(6)87-64(29-48(57)73-14)30-75-47-28-49(79-35(5)58(47)88-89-64)81-37(7)65(69)23-20-43-41-17-16-39-24-40(67)18-21-62(39,9)42(41)19-22-63(43,65)10/h16,31-37,40-61,67-69H,17-30H2,1-15H3. The van der Waals surface area contributed by atoms with Crippen molar-refractivity contribution in [2.24, 2.45) is 28.6 Å². The predicted octanol–water partition coefficient (Wildman–Crippen LogP) is 5.86. The fourth-order valence-corrected chi connectivity index (χ4v) is 18.1. The lowest BCUT2D eigenvalue weighted by Crippen LogP contribution is -2.62. The first-order chi connectivity index (χ1) is 42.4. The summed E-state index contributed by atoms with van der Waals surface area (Å²) in [5, 5.41) is 34.2. The molecule has 7 saturated heterocycles. The predicted molar refractivity (Wildman–Crippen MR) is 312 cm³/mol. The minimum absolute atomic E-state index is 0.0555. The molecule has 3 saturated carbocycles. The van der Waals surface area contributed by atoms with E-state index in [2.05, 4.69) is 19.9 Å². The molecule has 0 bridgehead atoms. The van der Waals surface area contributed by atoms with Gasteiger partial charge in [0, 0.05) is 80.0 Å². The van der Waals surface area contributed by atoms with E-state index in [0.29, 0.717) is 43.4 Å². The lowest BCUT2D eigenvalue weighted by molar-refractivity contribution is -0.472. The van der Waals surface area contributed by atoms with Crippen LogP contribution in [0.1, 0.15) is 153 Å². The van der Waals surface area contributed by atoms with Crippen molar-refractivity contribution < 1.29 is 115 Å². The van der Waals surface area contributed by atoms with Crippen molar-refractivity contribution in [3.8, 4) is 0 Å². The van der Waals surface area contributed by atoms with Crippen LogP contribution in [0.15, 0.2) is 11.6 Å². The fraction of sp³-hybridized carbons (Fsp3) is 0.954. The van der Waals surface area contributed by atoms with Gasteiger partial charge in [-0.3, -0.25) is 4.79 Å². The third kappa shape index (κ3) is 13.4. The molecule has 0 aromatic heterocycles. The Morgan fingerprint density at radius 1 is 0.618 bits per heavy atom. The molecular weight excluding hydrogens is 1160 g/mol. The van der Waals surface area contributed by atoms with Gasteiger partial charge in [0.2, 0.25) is 5.79 Å². The van der Waals surface area contributed by atoms with Gasteiger partial charge >= 0.3 is 5.97 Å². The van der Waals surface area contributed by atoms with Crippen molar-refractivity contribution in [3.05, 3.63) is 11.6 Å². The average molecular weight is 1270 g/mol. The first-order valence-corrected chi connectivity index (χ1v) is 33.2. The van der Waals surface area contributed by atoms with Crippen molar-refractivity contribution in [2.75, 3.05) is 42.2 Å². The van der Waals surface area contributed by atoms with E-state index < -0.39 is 171 Å². The van der Waals surface area contributed by atoms with E-state index in [4.69, 9.17) is 95.0 Å². The number of aliphatic hydroxyl groups is 3. The zero-order valence-electron chi connectivity index (χ0n) is 55.1. The summed E-state index contributed by atoms with van der Waals surface area (Å²) in [6.45, 7) is 19.3. The average Bonchev–Trinajstić information content (AvgIpc) is 1.63. The quantitative estimate of drug-likeness (QED) is 0.0875. The molecule has 24 heteroatoms. The molecule has 7 heterocycles. The molecule has 11 aliphatic rings. The zero-order chi connectivity index (χ0) is 63.6. The monoisotopic (exact) mass is 1270 g/mol. The maximum absolute atomic E-state index is 12.8. The molecule has 11 rings (SSSR count). The van der Waals surface area contributed by atoms with Gasteiger partial charge in [0.1, 0.15) is 49.3 Å². The second-order valence-corrected chi connectivity index (χ2v) is 28.3. The summed E-state index contributed by atoms with van der Waals surface area (Å²) in [6, 6.07) is 0. The number of esters is 1. The molecule has 510 valence electrons. The Morgan fingerprint density at radius 3 is 1.75 bits per heavy atom. The molecular formula is C65H106O24. The summed E-state index contributed by atoms with van der Waals surface area (Å²) in [5.41, 5.74) is 0.234. The number of allylic oxidation sites excluding steroid dienone is 1. The Balaban J connectivity index is 0.652. The molecule has 89 heavy (non-hydrogen) atoms. The van der Waals surface area contributed by atoms with Gasteiger partial charge in [-0.2, -0.15) is 4.89 Å². The largest absolute Gasteiger partial charge is 0.454 e. The molecule has 33 atom stereocenters. The maximum Gasteiger partial charge on any atom is 0.303 e. The van der Waals surface area contributed by atoms with Gasteiger partial charge in [-0.25, -0.2) is 4.89 Å². The number of hydrogen-bond donors (Lipinski definition) is 3. The maximum atomic E-state index is 12.8. The van der Waals surface area contributed by atoms with Crippen molar-refractivity contribution in [1.82, 2.24) is 0 Å². The highest BCUT2D eigenvalue weighted by molar-refractivity contribution is 5.66. The Labute approximate surface area is 525 Å². The Hall–Kier alpha value is -1.67. The lowest BCUT2D eigenvalue weighted by Gasteiger charge is -2.59. The van der Waals surface area contributed by atoms with Crippen LogP contribution in [0.3, 0.4) is 0 Å². The number of hydrogen-bond acceptors (Lipinski definition) is 24. The summed E-state index contributed by atoms with van der Waals surface area (Å²) in [5.74, 6) is -0.451. The molecule has 0 radical (unpaired) electrons. The Morgan fingerprint density at radius 2 is 1.18 bits per heavy atom. The molecule has 24 nitrogen and oxygen atoms in total. The second-order valence-electron chi connectivity index (χ2n) is 28.3. The van der Waals surface area contributed by atoms with Crippen LogP contribution in [-0.4, -0.2) is 234 Å². The van der Waals surface area contributed by atoms with Gasteiger partial charge in [0.25, 0.3) is 0 Å². The van der Waals surface area contributed by atoms with E-state index in [0.717, 1.165) is 44.9 Å². The van der Waals surface area contributed by atoms with Crippen LogP contribution in [0, 0.1) is 28.6 Å². The van der Waals surface area contributed by atoms with Gasteiger partial charge in [0.05, 0.1) is 85.0 Å². The van der Waals surface area contributed by atoms with Gasteiger partial charge in [-0.05, 0) is 123 Å². The third-order valence-electron chi connectivity index (χ3n) is 23.1. The first kappa shape index (κ1) is 68.7. The van der Waals surface area contributed by atoms with E-state index in [1.165, 1.54) is 19.6 Å². The number of carbonyl (C=O) groups is 1. The summed E-state index contributed by atoms with van der Waals surface area (Å²) in [4.78, 5) is 24.6. The van der Waals surface area contributed by atoms with Gasteiger partial charge < -0.3 is 101 Å². The zero-order valence-corrected chi connectivity index (χ0v) is 55.1. The number of aliphatic hydroxyl groups excluding tert-OH is 2. The van der Waals surface area contributed by atoms with Crippen molar-refractivity contribution >= 4 is 5.97 Å². The molecule has 0 aromatic rings. The topological polar surface area (TPSA) is 262 Å². The van der Waals surface area contributed by atoms with E-state index in [1.54, 1.807) is 35.4 Å². The van der Waals surface area contributed by atoms with Gasteiger partial charge in [-0.1, -0.05) is 25.5 Å². The van der Waals surface area contributed by atoms with E-state index in [-0.39, 0.29) is 36.4 Å². The minimum Gasteiger partial charge on any atom is -0.454 e. The molecule has 0 aromatic carbocycles. The molecule has 0 amide bonds. The highest BCUT2D eigenvalue weighted by Crippen LogP contribution is 2.68. The normalized spacial score (nSPS) is 52.3. The number of carbonyl (C=O) groups excluding carboxylic acids is 1. The number of rotatable bonds is 17. The third-order valence-corrected chi connectivity index (χ3v) is 23.1. The summed E-state index contributed by atoms with van der Waals surface area (Å²) < 4.78 is 114. The first-order valence-electron chi connectivity index (χ1n) is 33.2. The molecule has 33 unspecified atom stereocenters. The van der Waals surface area contributed by atoms with Crippen LogP contribution < -0.4 is 0 Å². The van der Waals surface area contributed by atoms with Crippen LogP contribution in [0.5, 0.6) is 0 Å². The fourth-order valence-electron chi connectivity index (χ4n) is 18.1. The highest BCUT2D eigenvalue weighted by Gasteiger charge is 2.66. The van der Waals surface area contributed by atoms with E-state index >= 15 is 0 Å². The van der Waals surface area contributed by atoms with Crippen LogP contribution in [0.4, 0.5) is 0 Å². The highest BCUT2D eigenvalue weighted by atomic mass is 17.2. The minimum atomic E-state index is -1.32. The van der Waals surface area contributed by atoms with Crippen LogP contribution in [0.25, 0.3) is 0 Å². The van der Waals surface area contributed by atoms with Gasteiger partial charge in [0.15, 0.2) is 37.6 Å². The van der Waals surface area contributed by atoms with Crippen molar-refractivity contribution in [3.63, 3.8) is 0 Å². The molecule has 10 fully saturated rings. The SMILES string of the molecule is COC1CC(OC2C(C)OC3(COC4CC(OC(C)C5(O)CCC6C7CC=C8CC(O)CCC8(C)C7CCC65C)OC(C)C4OO3)CC2OC)OC(C)C1OC1CC(OC)C(OC2CC(OC)C(OC3OC(C)C(O)C(OC)C3OC(C)=O)C(C)O2)C(C)O1. The smallest absolute Gasteiger partial charge is 0.303 e. The second kappa shape index (κ2) is 27.8. The van der Waals surface area contributed by atoms with Crippen molar-refractivity contribution in [1.29, 1.82) is 0 Å². The number of ether oxygens (including phenoxy) is 18. The molecule has 7 aliphatic heterocycles. The lowest BCUT2D eigenvalue weighted by atomic mass is 9.46. The Bertz CT molecular complexity index is 2390. The summed E-state index contributed by atoms with van der Waals surface area (Å²) in [6.07, 6.45) is -4.82. The van der Waals surface area contributed by atoms with E-state index in [9.17, 15) is 20.1 Å². The molecule has 1 spiro atoms. The van der Waals surface area contributed by atoms with Crippen molar-refractivity contribution in [2.45, 2.75) is 324 Å². The van der Waals surface area contributed by atoms with Crippen LogP contribution in [-0.2, 0) is 99.8 Å². The summed E-state index contributed by atoms with van der Waals surface area (Å²) in [7, 11) is 7.90. The summed E-state index contributed by atoms with van der Waals surface area (Å²) >= 11 is 0. The molecule has 4 aliphatic carbocycles.